The zero-order chi connectivity index (χ0) is 14.7. The molecule has 0 spiro atoms. The Labute approximate surface area is 124 Å². The highest BCUT2D eigenvalue weighted by atomic mass is 35.5. The molecule has 0 atom stereocenters. The third-order valence-corrected chi connectivity index (χ3v) is 3.45. The largest absolute Gasteiger partial charge is 0.487 e. The maximum Gasteiger partial charge on any atom is 0.130 e. The van der Waals surface area contributed by atoms with E-state index < -0.39 is 0 Å². The second-order valence-electron chi connectivity index (χ2n) is 5.14. The molecule has 1 aromatic heterocycles. The van der Waals surface area contributed by atoms with Crippen molar-refractivity contribution in [2.24, 2.45) is 0 Å². The molecule has 2 rings (SSSR count). The normalized spacial score (nSPS) is 10.8. The Morgan fingerprint density at radius 3 is 2.70 bits per heavy atom. The first-order chi connectivity index (χ1) is 9.47. The zero-order valence-electron chi connectivity index (χ0n) is 12.0. The first kappa shape index (κ1) is 14.7. The summed E-state index contributed by atoms with van der Waals surface area (Å²) in [5.74, 6) is 1.69. The molecule has 2 N–H and O–H groups in total. The quantitative estimate of drug-likeness (QED) is 0.912. The third kappa shape index (κ3) is 3.42. The van der Waals surface area contributed by atoms with Gasteiger partial charge in [0.15, 0.2) is 0 Å². The number of anilines is 1. The summed E-state index contributed by atoms with van der Waals surface area (Å²) >= 11 is 6.25. The molecule has 106 valence electrons. The lowest BCUT2D eigenvalue weighted by atomic mass is 10.0. The van der Waals surface area contributed by atoms with Gasteiger partial charge in [-0.05, 0) is 48.2 Å². The summed E-state index contributed by atoms with van der Waals surface area (Å²) in [6.07, 6.45) is 0. The molecule has 1 aromatic carbocycles. The lowest BCUT2D eigenvalue weighted by Gasteiger charge is -2.14. The summed E-state index contributed by atoms with van der Waals surface area (Å²) < 4.78 is 5.85. The first-order valence-electron chi connectivity index (χ1n) is 6.61. The number of benzene rings is 1. The number of halogens is 1. The van der Waals surface area contributed by atoms with Crippen molar-refractivity contribution < 1.29 is 4.74 Å². The summed E-state index contributed by atoms with van der Waals surface area (Å²) in [6, 6.07) is 9.47. The number of aromatic nitrogens is 1. The van der Waals surface area contributed by atoms with Gasteiger partial charge in [0.1, 0.15) is 18.2 Å². The van der Waals surface area contributed by atoms with Gasteiger partial charge >= 0.3 is 0 Å². The second kappa shape index (κ2) is 6.14. The molecule has 0 radical (unpaired) electrons. The molecule has 0 saturated carbocycles. The van der Waals surface area contributed by atoms with Gasteiger partial charge in [0, 0.05) is 5.02 Å². The maximum atomic E-state index is 6.25. The van der Waals surface area contributed by atoms with E-state index in [4.69, 9.17) is 22.1 Å². The Morgan fingerprint density at radius 1 is 1.30 bits per heavy atom. The molecule has 1 heterocycles. The number of hydrogen-bond acceptors (Lipinski definition) is 3. The second-order valence-corrected chi connectivity index (χ2v) is 5.54. The average molecular weight is 291 g/mol. The van der Waals surface area contributed by atoms with E-state index in [0.29, 0.717) is 18.3 Å². The summed E-state index contributed by atoms with van der Waals surface area (Å²) in [5, 5.41) is 0.784. The molecule has 0 aliphatic rings. The van der Waals surface area contributed by atoms with Gasteiger partial charge in [-0.2, -0.15) is 0 Å². The van der Waals surface area contributed by atoms with Crippen molar-refractivity contribution in [3.8, 4) is 5.75 Å². The van der Waals surface area contributed by atoms with E-state index in [-0.39, 0.29) is 0 Å². The van der Waals surface area contributed by atoms with Crippen LogP contribution in [0.3, 0.4) is 0 Å². The van der Waals surface area contributed by atoms with E-state index in [1.807, 2.05) is 31.2 Å². The minimum atomic E-state index is 0.357. The number of rotatable bonds is 4. The van der Waals surface area contributed by atoms with E-state index in [1.165, 1.54) is 0 Å². The van der Waals surface area contributed by atoms with E-state index in [9.17, 15) is 0 Å². The molecule has 20 heavy (non-hydrogen) atoms. The van der Waals surface area contributed by atoms with Crippen molar-refractivity contribution in [3.63, 3.8) is 0 Å². The van der Waals surface area contributed by atoms with Crippen molar-refractivity contribution in [2.45, 2.75) is 33.3 Å². The molecule has 0 amide bonds. The van der Waals surface area contributed by atoms with Gasteiger partial charge in [0.05, 0.1) is 5.69 Å². The molecule has 0 bridgehead atoms. The Kier molecular flexibility index (Phi) is 4.50. The highest BCUT2D eigenvalue weighted by Gasteiger charge is 2.10. The van der Waals surface area contributed by atoms with E-state index in [1.54, 1.807) is 6.07 Å². The van der Waals surface area contributed by atoms with Gasteiger partial charge in [-0.3, -0.25) is 0 Å². The molecule has 0 aliphatic carbocycles. The van der Waals surface area contributed by atoms with Crippen molar-refractivity contribution in [2.75, 3.05) is 5.73 Å². The van der Waals surface area contributed by atoms with Crippen LogP contribution in [0.1, 0.15) is 36.6 Å². The smallest absolute Gasteiger partial charge is 0.130 e. The van der Waals surface area contributed by atoms with Gasteiger partial charge in [-0.15, -0.1) is 0 Å². The SMILES string of the molecule is Cc1cc(Cl)c(C(C)C)cc1OCc1cccc(N)n1. The minimum absolute atomic E-state index is 0.357. The Bertz CT molecular complexity index is 611. The Hall–Kier alpha value is -1.74. The molecule has 4 heteroatoms. The van der Waals surface area contributed by atoms with Gasteiger partial charge in [-0.25, -0.2) is 4.98 Å². The van der Waals surface area contributed by atoms with E-state index in [2.05, 4.69) is 18.8 Å². The number of aryl methyl sites for hydroxylation is 1. The van der Waals surface area contributed by atoms with Gasteiger partial charge in [-0.1, -0.05) is 31.5 Å². The standard InChI is InChI=1S/C16H19ClN2O/c1-10(2)13-8-15(11(3)7-14(13)17)20-9-12-5-4-6-16(18)19-12/h4-8,10H,9H2,1-3H3,(H2,18,19). The number of nitrogens with two attached hydrogens (primary N) is 1. The van der Waals surface area contributed by atoms with Crippen LogP contribution >= 0.6 is 11.6 Å². The predicted molar refractivity (Wildman–Crippen MR) is 83.3 cm³/mol. The fourth-order valence-corrected chi connectivity index (χ4v) is 2.43. The van der Waals surface area contributed by atoms with Crippen molar-refractivity contribution in [3.05, 3.63) is 52.2 Å². The molecule has 0 fully saturated rings. The molecule has 3 nitrogen and oxygen atoms in total. The van der Waals surface area contributed by atoms with E-state index in [0.717, 1.165) is 27.6 Å². The monoisotopic (exact) mass is 290 g/mol. The lowest BCUT2D eigenvalue weighted by Crippen LogP contribution is -2.02. The predicted octanol–water partition coefficient (Wildman–Crippen LogP) is 4.33. The fraction of sp³-hybridized carbons (Fsp3) is 0.312. The number of nitrogens with zero attached hydrogens (tertiary/aromatic N) is 1. The molecular formula is C16H19ClN2O. The van der Waals surface area contributed by atoms with Crippen molar-refractivity contribution in [1.29, 1.82) is 0 Å². The Balaban J connectivity index is 2.19. The highest BCUT2D eigenvalue weighted by Crippen LogP contribution is 2.31. The first-order valence-corrected chi connectivity index (χ1v) is 6.99. The van der Waals surface area contributed by atoms with Crippen molar-refractivity contribution in [1.82, 2.24) is 4.98 Å². The van der Waals surface area contributed by atoms with Crippen LogP contribution in [0.4, 0.5) is 5.82 Å². The van der Waals surface area contributed by atoms with Gasteiger partial charge in [0.2, 0.25) is 0 Å². The third-order valence-electron chi connectivity index (χ3n) is 3.12. The van der Waals surface area contributed by atoms with Crippen LogP contribution in [-0.2, 0) is 6.61 Å². The van der Waals surface area contributed by atoms with Crippen LogP contribution in [0.15, 0.2) is 30.3 Å². The van der Waals surface area contributed by atoms with E-state index >= 15 is 0 Å². The highest BCUT2D eigenvalue weighted by molar-refractivity contribution is 6.31. The molecular weight excluding hydrogens is 272 g/mol. The van der Waals surface area contributed by atoms with Crippen LogP contribution in [0.25, 0.3) is 0 Å². The van der Waals surface area contributed by atoms with Crippen LogP contribution in [0.5, 0.6) is 5.75 Å². The van der Waals surface area contributed by atoms with Crippen LogP contribution < -0.4 is 10.5 Å². The van der Waals surface area contributed by atoms with Crippen LogP contribution in [0, 0.1) is 6.92 Å². The van der Waals surface area contributed by atoms with Gasteiger partial charge < -0.3 is 10.5 Å². The fourth-order valence-electron chi connectivity index (χ4n) is 2.00. The number of nitrogen functional groups attached to an aromatic ring is 1. The minimum Gasteiger partial charge on any atom is -0.487 e. The number of ether oxygens (including phenoxy) is 1. The number of hydrogen-bond donors (Lipinski definition) is 1. The summed E-state index contributed by atoms with van der Waals surface area (Å²) in [5.41, 5.74) is 8.58. The topological polar surface area (TPSA) is 48.1 Å². The van der Waals surface area contributed by atoms with Crippen LogP contribution in [-0.4, -0.2) is 4.98 Å². The molecule has 0 unspecified atom stereocenters. The zero-order valence-corrected chi connectivity index (χ0v) is 12.7. The average Bonchev–Trinajstić information content (AvgIpc) is 2.37. The summed E-state index contributed by atoms with van der Waals surface area (Å²) in [7, 11) is 0. The molecule has 0 aliphatic heterocycles. The van der Waals surface area contributed by atoms with Gasteiger partial charge in [0.25, 0.3) is 0 Å². The molecule has 2 aromatic rings. The molecule has 0 saturated heterocycles. The number of pyridine rings is 1. The lowest BCUT2D eigenvalue weighted by molar-refractivity contribution is 0.299. The summed E-state index contributed by atoms with van der Waals surface area (Å²) in [6.45, 7) is 6.60. The van der Waals surface area contributed by atoms with Crippen LogP contribution in [0.2, 0.25) is 5.02 Å². The summed E-state index contributed by atoms with van der Waals surface area (Å²) in [4.78, 5) is 4.22. The van der Waals surface area contributed by atoms with Crippen molar-refractivity contribution >= 4 is 17.4 Å². The maximum absolute atomic E-state index is 6.25. The Morgan fingerprint density at radius 2 is 2.05 bits per heavy atom.